The Labute approximate surface area is 200 Å². The van der Waals surface area contributed by atoms with Crippen molar-refractivity contribution in [1.29, 1.82) is 0 Å². The van der Waals surface area contributed by atoms with E-state index in [4.69, 9.17) is 9.47 Å². The smallest absolute Gasteiger partial charge is 0.261 e. The average Bonchev–Trinajstić information content (AvgIpc) is 3.32. The van der Waals surface area contributed by atoms with Gasteiger partial charge in [0.2, 0.25) is 12.7 Å². The van der Waals surface area contributed by atoms with E-state index in [1.54, 1.807) is 48.5 Å². The molecule has 0 saturated heterocycles. The average molecular weight is 470 g/mol. The van der Waals surface area contributed by atoms with E-state index in [0.717, 1.165) is 5.56 Å². The lowest BCUT2D eigenvalue weighted by atomic mass is 10.1. The van der Waals surface area contributed by atoms with E-state index < -0.39 is 0 Å². The van der Waals surface area contributed by atoms with Crippen molar-refractivity contribution < 1.29 is 19.1 Å². The number of nitrogens with zero attached hydrogens (tertiary/aromatic N) is 2. The molecule has 0 saturated carbocycles. The van der Waals surface area contributed by atoms with Gasteiger partial charge in [-0.25, -0.2) is 4.98 Å². The number of hydrogen-bond acceptors (Lipinski definition) is 6. The van der Waals surface area contributed by atoms with E-state index in [9.17, 15) is 14.4 Å². The number of carbonyl (C=O) groups is 2. The highest BCUT2D eigenvalue weighted by molar-refractivity contribution is 6.05. The molecule has 0 radical (unpaired) electrons. The van der Waals surface area contributed by atoms with Gasteiger partial charge in [-0.15, -0.1) is 0 Å². The van der Waals surface area contributed by atoms with Crippen molar-refractivity contribution in [3.05, 3.63) is 88.5 Å². The van der Waals surface area contributed by atoms with Crippen molar-refractivity contribution >= 4 is 34.1 Å². The minimum atomic E-state index is -0.315. The number of carbonyl (C=O) groups excluding carboxylic acids is 2. The normalized spacial score (nSPS) is 11.9. The first-order chi connectivity index (χ1) is 17.0. The number of ether oxygens (including phenoxy) is 2. The van der Waals surface area contributed by atoms with Crippen LogP contribution in [0.2, 0.25) is 0 Å². The fourth-order valence-electron chi connectivity index (χ4n) is 3.86. The summed E-state index contributed by atoms with van der Waals surface area (Å²) in [5, 5.41) is 6.14. The summed E-state index contributed by atoms with van der Waals surface area (Å²) in [5.41, 5.74) is 2.88. The molecule has 1 aliphatic heterocycles. The van der Waals surface area contributed by atoms with Crippen molar-refractivity contribution in [3.8, 4) is 11.5 Å². The predicted molar refractivity (Wildman–Crippen MR) is 131 cm³/mol. The molecule has 2 N–H and O–H groups in total. The van der Waals surface area contributed by atoms with Crippen molar-refractivity contribution in [2.45, 2.75) is 19.9 Å². The number of hydrogen-bond donors (Lipinski definition) is 2. The molecule has 176 valence electrons. The Morgan fingerprint density at radius 1 is 0.971 bits per heavy atom. The fourth-order valence-corrected chi connectivity index (χ4v) is 3.86. The van der Waals surface area contributed by atoms with Gasteiger partial charge in [0, 0.05) is 29.9 Å². The van der Waals surface area contributed by atoms with Crippen LogP contribution in [-0.4, -0.2) is 28.2 Å². The zero-order valence-corrected chi connectivity index (χ0v) is 18.9. The Kier molecular flexibility index (Phi) is 5.88. The first-order valence-corrected chi connectivity index (χ1v) is 11.0. The van der Waals surface area contributed by atoms with Crippen molar-refractivity contribution in [1.82, 2.24) is 9.55 Å². The zero-order chi connectivity index (χ0) is 24.4. The third kappa shape index (κ3) is 4.70. The molecule has 9 heteroatoms. The van der Waals surface area contributed by atoms with Gasteiger partial charge in [-0.1, -0.05) is 18.2 Å². The first kappa shape index (κ1) is 22.1. The Balaban J connectivity index is 1.21. The van der Waals surface area contributed by atoms with Gasteiger partial charge in [0.05, 0.1) is 17.2 Å². The maximum atomic E-state index is 12.7. The number of rotatable bonds is 6. The number of amides is 2. The molecule has 1 aromatic heterocycles. The second kappa shape index (κ2) is 9.30. The Morgan fingerprint density at radius 2 is 1.74 bits per heavy atom. The van der Waals surface area contributed by atoms with Crippen LogP contribution in [0.4, 0.5) is 11.4 Å². The van der Waals surface area contributed by atoms with E-state index >= 15 is 0 Å². The molecule has 3 aromatic carbocycles. The van der Waals surface area contributed by atoms with Gasteiger partial charge in [-0.3, -0.25) is 19.0 Å². The van der Waals surface area contributed by atoms with Gasteiger partial charge in [0.15, 0.2) is 11.5 Å². The molecule has 4 aromatic rings. The molecule has 35 heavy (non-hydrogen) atoms. The number of fused-ring (bicyclic) bond motifs is 2. The molecular weight excluding hydrogens is 448 g/mol. The molecule has 0 aliphatic carbocycles. The van der Waals surface area contributed by atoms with E-state index in [-0.39, 0.29) is 37.1 Å². The largest absolute Gasteiger partial charge is 0.454 e. The molecule has 0 bridgehead atoms. The molecule has 0 fully saturated rings. The van der Waals surface area contributed by atoms with Gasteiger partial charge in [-0.05, 0) is 55.0 Å². The summed E-state index contributed by atoms with van der Waals surface area (Å²) in [7, 11) is 0. The molecule has 2 amide bonds. The van der Waals surface area contributed by atoms with Crippen LogP contribution in [0.1, 0.15) is 22.3 Å². The molecule has 0 spiro atoms. The van der Waals surface area contributed by atoms with Crippen LogP contribution in [0.15, 0.2) is 71.8 Å². The van der Waals surface area contributed by atoms with Crippen LogP contribution in [0, 0.1) is 6.92 Å². The van der Waals surface area contributed by atoms with Crippen LogP contribution in [0.25, 0.3) is 10.9 Å². The highest BCUT2D eigenvalue weighted by Gasteiger charge is 2.16. The number of para-hydroxylation sites is 1. The van der Waals surface area contributed by atoms with E-state index in [1.165, 1.54) is 10.9 Å². The summed E-state index contributed by atoms with van der Waals surface area (Å²) >= 11 is 0. The van der Waals surface area contributed by atoms with Crippen LogP contribution in [0.3, 0.4) is 0 Å². The second-order valence-electron chi connectivity index (χ2n) is 8.12. The molecular formula is C26H22N4O5. The first-order valence-electron chi connectivity index (χ1n) is 11.0. The lowest BCUT2D eigenvalue weighted by Crippen LogP contribution is -2.24. The standard InChI is InChI=1S/C26H22N4O5/c1-16-4-2-7-20-24(16)27-14-30(26(20)33)11-10-23(31)28-18-5-3-6-19(13-18)29-25(32)17-8-9-21-22(12-17)35-15-34-21/h2-9,12-14H,10-11,15H2,1H3,(H,28,31)(H,29,32). The highest BCUT2D eigenvalue weighted by Crippen LogP contribution is 2.32. The second-order valence-corrected chi connectivity index (χ2v) is 8.12. The number of aromatic nitrogens is 2. The Morgan fingerprint density at radius 3 is 2.60 bits per heavy atom. The summed E-state index contributed by atoms with van der Waals surface area (Å²) in [6.07, 6.45) is 1.56. The third-order valence-electron chi connectivity index (χ3n) is 5.67. The summed E-state index contributed by atoms with van der Waals surface area (Å²) in [4.78, 5) is 42.2. The SMILES string of the molecule is Cc1cccc2c(=O)n(CCC(=O)Nc3cccc(NC(=O)c4ccc5c(c4)OCO5)c3)cnc12. The Hall–Kier alpha value is -4.66. The fraction of sp³-hybridized carbons (Fsp3) is 0.154. The molecule has 0 atom stereocenters. The summed E-state index contributed by atoms with van der Waals surface area (Å²) in [6.45, 7) is 2.23. The number of aryl methyl sites for hydroxylation is 2. The molecule has 5 rings (SSSR count). The quantitative estimate of drug-likeness (QED) is 0.444. The summed E-state index contributed by atoms with van der Waals surface area (Å²) in [6, 6.07) is 17.2. The van der Waals surface area contributed by atoms with Gasteiger partial charge < -0.3 is 20.1 Å². The van der Waals surface area contributed by atoms with Crippen LogP contribution >= 0.6 is 0 Å². The van der Waals surface area contributed by atoms with Crippen LogP contribution in [-0.2, 0) is 11.3 Å². The molecule has 2 heterocycles. The number of nitrogens with one attached hydrogen (secondary N) is 2. The lowest BCUT2D eigenvalue weighted by Gasteiger charge is -2.10. The van der Waals surface area contributed by atoms with Crippen molar-refractivity contribution in [2.24, 2.45) is 0 Å². The lowest BCUT2D eigenvalue weighted by molar-refractivity contribution is -0.116. The highest BCUT2D eigenvalue weighted by atomic mass is 16.7. The molecule has 9 nitrogen and oxygen atoms in total. The van der Waals surface area contributed by atoms with Crippen LogP contribution in [0.5, 0.6) is 11.5 Å². The summed E-state index contributed by atoms with van der Waals surface area (Å²) < 4.78 is 12.0. The number of anilines is 2. The summed E-state index contributed by atoms with van der Waals surface area (Å²) in [5.74, 6) is 0.545. The van der Waals surface area contributed by atoms with Crippen molar-refractivity contribution in [3.63, 3.8) is 0 Å². The van der Waals surface area contributed by atoms with Crippen molar-refractivity contribution in [2.75, 3.05) is 17.4 Å². The maximum absolute atomic E-state index is 12.7. The van der Waals surface area contributed by atoms with Gasteiger partial charge >= 0.3 is 0 Å². The minimum absolute atomic E-state index is 0.0900. The number of benzene rings is 3. The topological polar surface area (TPSA) is 112 Å². The monoisotopic (exact) mass is 470 g/mol. The van der Waals surface area contributed by atoms with Gasteiger partial charge in [-0.2, -0.15) is 0 Å². The molecule has 0 unspecified atom stereocenters. The third-order valence-corrected chi connectivity index (χ3v) is 5.67. The maximum Gasteiger partial charge on any atom is 0.261 e. The predicted octanol–water partition coefficient (Wildman–Crippen LogP) is 3.71. The zero-order valence-electron chi connectivity index (χ0n) is 18.9. The van der Waals surface area contributed by atoms with E-state index in [0.29, 0.717) is 39.3 Å². The van der Waals surface area contributed by atoms with E-state index in [1.807, 2.05) is 19.1 Å². The van der Waals surface area contributed by atoms with Gasteiger partial charge in [0.25, 0.3) is 11.5 Å². The van der Waals surface area contributed by atoms with E-state index in [2.05, 4.69) is 15.6 Å². The molecule has 1 aliphatic rings. The van der Waals surface area contributed by atoms with Crippen LogP contribution < -0.4 is 25.7 Å². The van der Waals surface area contributed by atoms with Gasteiger partial charge in [0.1, 0.15) is 0 Å². The minimum Gasteiger partial charge on any atom is -0.454 e. The Bertz CT molecular complexity index is 1510.